The lowest BCUT2D eigenvalue weighted by atomic mass is 9.73. The van der Waals surface area contributed by atoms with Crippen molar-refractivity contribution in [2.24, 2.45) is 0 Å². The zero-order valence-corrected chi connectivity index (χ0v) is 15.3. The van der Waals surface area contributed by atoms with Gasteiger partial charge in [0.25, 0.3) is 5.91 Å². The molecule has 8 heteroatoms. The lowest BCUT2D eigenvalue weighted by Gasteiger charge is -2.53. The molecule has 148 valence electrons. The largest absolute Gasteiger partial charge is 0.480 e. The Morgan fingerprint density at radius 3 is 2.59 bits per heavy atom. The van der Waals surface area contributed by atoms with E-state index in [1.54, 1.807) is 17.9 Å². The lowest BCUT2D eigenvalue weighted by molar-refractivity contribution is -0.205. The number of carbonyl (C=O) groups is 2. The Hall–Kier alpha value is -2.03. The van der Waals surface area contributed by atoms with Gasteiger partial charge in [-0.25, -0.2) is 4.39 Å². The minimum Gasteiger partial charge on any atom is -0.480 e. The number of nitrogens with one attached hydrogen (secondary N) is 1. The number of rotatable bonds is 4. The summed E-state index contributed by atoms with van der Waals surface area (Å²) >= 11 is 0. The zero-order valence-electron chi connectivity index (χ0n) is 15.3. The van der Waals surface area contributed by atoms with Crippen molar-refractivity contribution in [1.29, 1.82) is 0 Å². The van der Waals surface area contributed by atoms with Crippen LogP contribution < -0.4 is 5.32 Å². The van der Waals surface area contributed by atoms with E-state index < -0.39 is 34.9 Å². The van der Waals surface area contributed by atoms with Crippen LogP contribution in [-0.4, -0.2) is 70.5 Å². The summed E-state index contributed by atoms with van der Waals surface area (Å²) in [5.74, 6) is -2.08. The van der Waals surface area contributed by atoms with Crippen LogP contribution in [0.3, 0.4) is 0 Å². The van der Waals surface area contributed by atoms with Gasteiger partial charge in [-0.1, -0.05) is 12.1 Å². The minimum atomic E-state index is -0.985. The number of piperidine rings is 1. The van der Waals surface area contributed by atoms with Crippen molar-refractivity contribution in [2.45, 2.75) is 43.4 Å². The number of carboxylic acid groups (broad SMARTS) is 1. The Bertz CT molecular complexity index is 720. The highest BCUT2D eigenvalue weighted by Gasteiger charge is 2.53. The molecule has 0 aliphatic carbocycles. The highest BCUT2D eigenvalue weighted by atomic mass is 19.1. The molecule has 2 aliphatic rings. The molecule has 7 nitrogen and oxygen atoms in total. The molecular formula is C19H25FN2O5. The second-order valence-electron chi connectivity index (χ2n) is 7.59. The summed E-state index contributed by atoms with van der Waals surface area (Å²) in [5, 5.41) is 22.8. The Labute approximate surface area is 157 Å². The molecule has 3 N–H and O–H groups in total. The van der Waals surface area contributed by atoms with E-state index in [0.717, 1.165) is 0 Å². The minimum absolute atomic E-state index is 0.0482. The molecule has 1 spiro atoms. The molecule has 0 unspecified atom stereocenters. The van der Waals surface area contributed by atoms with Gasteiger partial charge >= 0.3 is 5.97 Å². The van der Waals surface area contributed by atoms with Crippen LogP contribution >= 0.6 is 0 Å². The average Bonchev–Trinajstić information content (AvgIpc) is 2.61. The van der Waals surface area contributed by atoms with Crippen molar-refractivity contribution in [3.63, 3.8) is 0 Å². The van der Waals surface area contributed by atoms with E-state index in [9.17, 15) is 19.1 Å². The second kappa shape index (κ2) is 7.53. The van der Waals surface area contributed by atoms with Crippen LogP contribution in [0.25, 0.3) is 0 Å². The van der Waals surface area contributed by atoms with E-state index in [0.29, 0.717) is 39.0 Å². The van der Waals surface area contributed by atoms with Gasteiger partial charge in [0.05, 0.1) is 23.2 Å². The fraction of sp³-hybridized carbons (Fsp3) is 0.579. The molecule has 3 rings (SSSR count). The monoisotopic (exact) mass is 380 g/mol. The molecule has 2 atom stereocenters. The van der Waals surface area contributed by atoms with Gasteiger partial charge in [0, 0.05) is 19.7 Å². The van der Waals surface area contributed by atoms with Gasteiger partial charge in [0.1, 0.15) is 11.9 Å². The first-order chi connectivity index (χ1) is 12.8. The number of carbonyl (C=O) groups excluding carboxylic acids is 1. The van der Waals surface area contributed by atoms with Crippen LogP contribution in [-0.2, 0) is 9.53 Å². The number of aliphatic hydroxyl groups excluding tert-OH is 1. The third-order valence-corrected chi connectivity index (χ3v) is 5.69. The van der Waals surface area contributed by atoms with Crippen LogP contribution in [0.15, 0.2) is 24.3 Å². The summed E-state index contributed by atoms with van der Waals surface area (Å²) in [5.41, 5.74) is -1.88. The quantitative estimate of drug-likeness (QED) is 0.721. The van der Waals surface area contributed by atoms with E-state index in [1.807, 2.05) is 0 Å². The van der Waals surface area contributed by atoms with Crippen LogP contribution in [0.4, 0.5) is 4.39 Å². The summed E-state index contributed by atoms with van der Waals surface area (Å²) in [7, 11) is 0. The number of benzene rings is 1. The van der Waals surface area contributed by atoms with Crippen LogP contribution in [0, 0.1) is 5.82 Å². The molecule has 2 heterocycles. The number of hydrogen-bond acceptors (Lipinski definition) is 5. The maximum absolute atomic E-state index is 13.9. The summed E-state index contributed by atoms with van der Waals surface area (Å²) in [6, 6.07) is 5.72. The Balaban J connectivity index is 1.72. The van der Waals surface area contributed by atoms with Crippen LogP contribution in [0.2, 0.25) is 0 Å². The van der Waals surface area contributed by atoms with E-state index in [-0.39, 0.29) is 12.1 Å². The van der Waals surface area contributed by atoms with Gasteiger partial charge in [-0.05, 0) is 38.3 Å². The number of hydrogen-bond donors (Lipinski definition) is 3. The smallest absolute Gasteiger partial charge is 0.317 e. The molecular weight excluding hydrogens is 355 g/mol. The molecule has 1 aromatic rings. The van der Waals surface area contributed by atoms with Gasteiger partial charge in [0.15, 0.2) is 0 Å². The zero-order chi connectivity index (χ0) is 19.7. The van der Waals surface area contributed by atoms with Gasteiger partial charge in [-0.3, -0.25) is 14.5 Å². The predicted octanol–water partition coefficient (Wildman–Crippen LogP) is 1.01. The number of likely N-dealkylation sites (tertiary alicyclic amines) is 1. The highest BCUT2D eigenvalue weighted by Crippen LogP contribution is 2.40. The van der Waals surface area contributed by atoms with Gasteiger partial charge < -0.3 is 20.3 Å². The number of halogens is 1. The topological polar surface area (TPSA) is 99.1 Å². The Morgan fingerprint density at radius 2 is 1.96 bits per heavy atom. The van der Waals surface area contributed by atoms with Crippen molar-refractivity contribution < 1.29 is 28.9 Å². The fourth-order valence-corrected chi connectivity index (χ4v) is 4.06. The molecule has 0 aromatic heterocycles. The van der Waals surface area contributed by atoms with Gasteiger partial charge in [-0.15, -0.1) is 0 Å². The number of aliphatic hydroxyl groups is 1. The summed E-state index contributed by atoms with van der Waals surface area (Å²) in [6.45, 7) is 3.02. The molecule has 2 aliphatic heterocycles. The van der Waals surface area contributed by atoms with Crippen LogP contribution in [0.5, 0.6) is 0 Å². The van der Waals surface area contributed by atoms with Crippen molar-refractivity contribution >= 4 is 11.9 Å². The molecule has 27 heavy (non-hydrogen) atoms. The maximum Gasteiger partial charge on any atom is 0.317 e. The van der Waals surface area contributed by atoms with Crippen molar-refractivity contribution in [2.75, 3.05) is 26.2 Å². The van der Waals surface area contributed by atoms with Crippen molar-refractivity contribution in [1.82, 2.24) is 10.2 Å². The Morgan fingerprint density at radius 1 is 1.30 bits per heavy atom. The SMILES string of the molecule is C[C@@]1(NC(=O)c2ccccc2F)CCOC2(CCN(CC(=O)O)CC2)[C@H]1O. The van der Waals surface area contributed by atoms with E-state index in [1.165, 1.54) is 18.2 Å². The lowest BCUT2D eigenvalue weighted by Crippen LogP contribution is -2.69. The fourth-order valence-electron chi connectivity index (χ4n) is 4.06. The Kier molecular flexibility index (Phi) is 5.50. The van der Waals surface area contributed by atoms with Gasteiger partial charge in [0.2, 0.25) is 0 Å². The molecule has 0 saturated carbocycles. The molecule has 0 radical (unpaired) electrons. The third kappa shape index (κ3) is 3.97. The number of carboxylic acids is 1. The van der Waals surface area contributed by atoms with Crippen molar-refractivity contribution in [3.05, 3.63) is 35.6 Å². The highest BCUT2D eigenvalue weighted by molar-refractivity contribution is 5.95. The maximum atomic E-state index is 13.9. The third-order valence-electron chi connectivity index (χ3n) is 5.69. The van der Waals surface area contributed by atoms with E-state index in [4.69, 9.17) is 9.84 Å². The number of amides is 1. The van der Waals surface area contributed by atoms with Gasteiger partial charge in [-0.2, -0.15) is 0 Å². The molecule has 1 aromatic carbocycles. The first kappa shape index (κ1) is 19.7. The first-order valence-electron chi connectivity index (χ1n) is 9.09. The summed E-state index contributed by atoms with van der Waals surface area (Å²) in [6.07, 6.45) is 0.343. The number of nitrogens with zero attached hydrogens (tertiary/aromatic N) is 1. The van der Waals surface area contributed by atoms with E-state index >= 15 is 0 Å². The number of aliphatic carboxylic acids is 1. The second-order valence-corrected chi connectivity index (χ2v) is 7.59. The number of ether oxygens (including phenoxy) is 1. The van der Waals surface area contributed by atoms with Crippen molar-refractivity contribution in [3.8, 4) is 0 Å². The standard InChI is InChI=1S/C19H25FN2O5/c1-18(21-16(25)13-4-2-3-5-14(13)20)8-11-27-19(17(18)26)6-9-22(10-7-19)12-15(23)24/h2-5,17,26H,6-12H2,1H3,(H,21,25)(H,23,24)/t17-,18+/m0/s1. The first-order valence-corrected chi connectivity index (χ1v) is 9.09. The average molecular weight is 380 g/mol. The summed E-state index contributed by atoms with van der Waals surface area (Å²) < 4.78 is 19.8. The molecule has 1 amide bonds. The van der Waals surface area contributed by atoms with Crippen LogP contribution in [0.1, 0.15) is 36.5 Å². The predicted molar refractivity (Wildman–Crippen MR) is 94.9 cm³/mol. The molecule has 0 bridgehead atoms. The van der Waals surface area contributed by atoms with E-state index in [2.05, 4.69) is 5.32 Å². The summed E-state index contributed by atoms with van der Waals surface area (Å²) in [4.78, 5) is 25.2. The molecule has 2 saturated heterocycles. The normalized spacial score (nSPS) is 28.0. The molecule has 2 fully saturated rings.